The normalized spacial score (nSPS) is 15.7. The number of hydrogen-bond donors (Lipinski definition) is 3. The fourth-order valence-corrected chi connectivity index (χ4v) is 2.91. The summed E-state index contributed by atoms with van der Waals surface area (Å²) in [5.74, 6) is 0.209. The number of rotatable bonds is 4. The number of carbonyl (C=O) groups is 1. The summed E-state index contributed by atoms with van der Waals surface area (Å²) in [6, 6.07) is 6.40. The number of amides is 1. The Kier molecular flexibility index (Phi) is 8.36. The molecular weight excluding hydrogens is 403 g/mol. The summed E-state index contributed by atoms with van der Waals surface area (Å²) in [6.07, 6.45) is 5.82. The molecule has 1 saturated carbocycles. The average molecular weight is 430 g/mol. The first-order valence-corrected chi connectivity index (χ1v) is 7.97. The van der Waals surface area contributed by atoms with E-state index in [1.54, 1.807) is 0 Å². The molecule has 1 aliphatic rings. The van der Waals surface area contributed by atoms with Gasteiger partial charge in [0.15, 0.2) is 5.96 Å². The first kappa shape index (κ1) is 19.7. The molecular formula is C17H27IN4O. The van der Waals surface area contributed by atoms with Crippen molar-refractivity contribution < 1.29 is 4.79 Å². The molecule has 0 aliphatic heterocycles. The first-order chi connectivity index (χ1) is 10.5. The maximum Gasteiger partial charge on any atom is 0.242 e. The molecule has 5 nitrogen and oxygen atoms in total. The van der Waals surface area contributed by atoms with Gasteiger partial charge in [0.2, 0.25) is 5.91 Å². The Balaban J connectivity index is 0.00000264. The maximum atomic E-state index is 11.9. The van der Waals surface area contributed by atoms with Gasteiger partial charge in [0.05, 0.1) is 0 Å². The van der Waals surface area contributed by atoms with Gasteiger partial charge >= 0.3 is 0 Å². The zero-order valence-electron chi connectivity index (χ0n) is 13.9. The number of anilines is 1. The molecule has 1 aromatic carbocycles. The van der Waals surface area contributed by atoms with Crippen molar-refractivity contribution in [3.63, 3.8) is 0 Å². The second kappa shape index (κ2) is 9.75. The summed E-state index contributed by atoms with van der Waals surface area (Å²) in [5, 5.41) is 6.06. The molecule has 6 heteroatoms. The molecule has 0 unspecified atom stereocenters. The Bertz CT molecular complexity index is 533. The summed E-state index contributed by atoms with van der Waals surface area (Å²) in [6.45, 7) is 4.13. The van der Waals surface area contributed by atoms with E-state index in [9.17, 15) is 4.79 Å². The van der Waals surface area contributed by atoms with Gasteiger partial charge in [-0.05, 0) is 49.9 Å². The van der Waals surface area contributed by atoms with Crippen molar-refractivity contribution in [2.75, 3.05) is 11.9 Å². The molecule has 0 saturated heterocycles. The van der Waals surface area contributed by atoms with Crippen molar-refractivity contribution in [2.24, 2.45) is 10.7 Å². The number of nitrogens with two attached hydrogens (primary N) is 1. The number of aliphatic imine (C=N–C) groups is 1. The van der Waals surface area contributed by atoms with E-state index in [2.05, 4.69) is 21.7 Å². The molecule has 1 aromatic rings. The van der Waals surface area contributed by atoms with Gasteiger partial charge in [-0.2, -0.15) is 0 Å². The lowest BCUT2D eigenvalue weighted by Gasteiger charge is -2.22. The van der Waals surface area contributed by atoms with E-state index in [0.717, 1.165) is 29.7 Å². The zero-order valence-corrected chi connectivity index (χ0v) is 16.2. The lowest BCUT2D eigenvalue weighted by atomic mass is 9.95. The van der Waals surface area contributed by atoms with Gasteiger partial charge in [-0.15, -0.1) is 24.0 Å². The highest BCUT2D eigenvalue weighted by Gasteiger charge is 2.15. The SMILES string of the molecule is Cc1cc(C)cc(NC(N)=NCC(=O)NC2CCCCC2)c1.I. The number of benzene rings is 1. The molecule has 23 heavy (non-hydrogen) atoms. The fourth-order valence-electron chi connectivity index (χ4n) is 2.91. The van der Waals surface area contributed by atoms with Crippen molar-refractivity contribution in [3.05, 3.63) is 29.3 Å². The predicted molar refractivity (Wildman–Crippen MR) is 106 cm³/mol. The predicted octanol–water partition coefficient (Wildman–Crippen LogP) is 3.10. The van der Waals surface area contributed by atoms with Crippen LogP contribution in [0.2, 0.25) is 0 Å². The monoisotopic (exact) mass is 430 g/mol. The quantitative estimate of drug-likeness (QED) is 0.390. The number of nitrogens with zero attached hydrogens (tertiary/aromatic N) is 1. The Morgan fingerprint density at radius 3 is 2.39 bits per heavy atom. The Morgan fingerprint density at radius 1 is 1.17 bits per heavy atom. The van der Waals surface area contributed by atoms with Gasteiger partial charge < -0.3 is 16.4 Å². The van der Waals surface area contributed by atoms with E-state index in [0.29, 0.717) is 6.04 Å². The molecule has 1 amide bonds. The van der Waals surface area contributed by atoms with Crippen LogP contribution in [0.25, 0.3) is 0 Å². The number of nitrogens with one attached hydrogen (secondary N) is 2. The third-order valence-corrected chi connectivity index (χ3v) is 3.86. The van der Waals surface area contributed by atoms with Crippen LogP contribution in [0, 0.1) is 13.8 Å². The van der Waals surface area contributed by atoms with E-state index >= 15 is 0 Å². The molecule has 0 atom stereocenters. The molecule has 4 N–H and O–H groups in total. The van der Waals surface area contributed by atoms with Gasteiger partial charge in [-0.25, -0.2) is 4.99 Å². The number of hydrogen-bond acceptors (Lipinski definition) is 2. The smallest absolute Gasteiger partial charge is 0.242 e. The minimum atomic E-state index is -0.0583. The van der Waals surface area contributed by atoms with Crippen molar-refractivity contribution in [3.8, 4) is 0 Å². The third kappa shape index (κ3) is 7.20. The second-order valence-corrected chi connectivity index (χ2v) is 6.11. The second-order valence-electron chi connectivity index (χ2n) is 6.11. The van der Waals surface area contributed by atoms with E-state index in [1.165, 1.54) is 19.3 Å². The Labute approximate surface area is 155 Å². The Hall–Kier alpha value is -1.31. The zero-order chi connectivity index (χ0) is 15.9. The van der Waals surface area contributed by atoms with E-state index in [1.807, 2.05) is 26.0 Å². The summed E-state index contributed by atoms with van der Waals surface area (Å²) in [5.41, 5.74) is 9.06. The van der Waals surface area contributed by atoms with Crippen molar-refractivity contribution in [2.45, 2.75) is 52.0 Å². The van der Waals surface area contributed by atoms with Crippen LogP contribution in [-0.4, -0.2) is 24.5 Å². The van der Waals surface area contributed by atoms with Crippen LogP contribution in [0.1, 0.15) is 43.2 Å². The van der Waals surface area contributed by atoms with Gasteiger partial charge in [0.1, 0.15) is 6.54 Å². The van der Waals surface area contributed by atoms with Gasteiger partial charge in [-0.3, -0.25) is 4.79 Å². The largest absolute Gasteiger partial charge is 0.370 e. The van der Waals surface area contributed by atoms with E-state index in [-0.39, 0.29) is 42.4 Å². The summed E-state index contributed by atoms with van der Waals surface area (Å²) in [4.78, 5) is 16.0. The molecule has 0 radical (unpaired) electrons. The minimum Gasteiger partial charge on any atom is -0.370 e. The number of aryl methyl sites for hydroxylation is 2. The van der Waals surface area contributed by atoms with Gasteiger partial charge in [0, 0.05) is 11.7 Å². The van der Waals surface area contributed by atoms with Gasteiger partial charge in [0.25, 0.3) is 0 Å². The average Bonchev–Trinajstić information content (AvgIpc) is 2.45. The topological polar surface area (TPSA) is 79.5 Å². The Morgan fingerprint density at radius 2 is 1.78 bits per heavy atom. The van der Waals surface area contributed by atoms with Crippen LogP contribution in [0.5, 0.6) is 0 Å². The molecule has 1 fully saturated rings. The van der Waals surface area contributed by atoms with Crippen molar-refractivity contribution in [1.29, 1.82) is 0 Å². The lowest BCUT2D eigenvalue weighted by Crippen LogP contribution is -2.38. The van der Waals surface area contributed by atoms with Crippen LogP contribution >= 0.6 is 24.0 Å². The minimum absolute atomic E-state index is 0. The third-order valence-electron chi connectivity index (χ3n) is 3.86. The van der Waals surface area contributed by atoms with E-state index < -0.39 is 0 Å². The van der Waals surface area contributed by atoms with Crippen molar-refractivity contribution >= 4 is 41.5 Å². The van der Waals surface area contributed by atoms with Crippen LogP contribution < -0.4 is 16.4 Å². The standard InChI is InChI=1S/C17H26N4O.HI/c1-12-8-13(2)10-15(9-12)21-17(18)19-11-16(22)20-14-6-4-3-5-7-14;/h8-10,14H,3-7,11H2,1-2H3,(H,20,22)(H3,18,19,21);1H. The summed E-state index contributed by atoms with van der Waals surface area (Å²) >= 11 is 0. The lowest BCUT2D eigenvalue weighted by molar-refractivity contribution is -0.120. The highest BCUT2D eigenvalue weighted by molar-refractivity contribution is 14.0. The fraction of sp³-hybridized carbons (Fsp3) is 0.529. The molecule has 0 aromatic heterocycles. The van der Waals surface area contributed by atoms with Crippen molar-refractivity contribution in [1.82, 2.24) is 5.32 Å². The van der Waals surface area contributed by atoms with Crippen LogP contribution in [-0.2, 0) is 4.79 Å². The van der Waals surface area contributed by atoms with Crippen LogP contribution in [0.3, 0.4) is 0 Å². The highest BCUT2D eigenvalue weighted by Crippen LogP contribution is 2.17. The highest BCUT2D eigenvalue weighted by atomic mass is 127. The first-order valence-electron chi connectivity index (χ1n) is 7.97. The van der Waals surface area contributed by atoms with E-state index in [4.69, 9.17) is 5.73 Å². The molecule has 0 spiro atoms. The number of carbonyl (C=O) groups excluding carboxylic acids is 1. The molecule has 0 heterocycles. The molecule has 0 bridgehead atoms. The van der Waals surface area contributed by atoms with Crippen LogP contribution in [0.15, 0.2) is 23.2 Å². The summed E-state index contributed by atoms with van der Waals surface area (Å²) < 4.78 is 0. The molecule has 1 aliphatic carbocycles. The maximum absolute atomic E-state index is 11.9. The molecule has 128 valence electrons. The van der Waals surface area contributed by atoms with Gasteiger partial charge in [-0.1, -0.05) is 25.3 Å². The number of halogens is 1. The molecule has 2 rings (SSSR count). The number of guanidine groups is 1. The summed E-state index contributed by atoms with van der Waals surface area (Å²) in [7, 11) is 0. The van der Waals surface area contributed by atoms with Crippen LogP contribution in [0.4, 0.5) is 5.69 Å².